The Bertz CT molecular complexity index is 1460. The Morgan fingerprint density at radius 2 is 1.55 bits per heavy atom. The number of rotatable bonds is 4. The molecule has 10 nitrogen and oxygen atoms in total. The number of fused-ring (bicyclic) bond motifs is 1. The Labute approximate surface area is 244 Å². The fraction of sp³-hybridized carbons (Fsp3) is 0.571. The van der Waals surface area contributed by atoms with E-state index in [1.807, 2.05) is 67.2 Å². The summed E-state index contributed by atoms with van der Waals surface area (Å²) < 4.78 is 7.10. The standard InChI is InChI=1S/C28H37Cl2N7O3/c1-14(2)20-22(21(15(3)4)32-13-31-20)37-25-18(10-19(29)23(30)33-25)24(34-26(37)38)35-11-16(5)36(17(6)12-35)27(39)40-28(7,8)9/h10,13-17H,11-12H2,1-9H3. The quantitative estimate of drug-likeness (QED) is 0.343. The Morgan fingerprint density at radius 1 is 1.00 bits per heavy atom. The van der Waals surface area contributed by atoms with E-state index in [4.69, 9.17) is 27.9 Å². The molecule has 1 amide bonds. The highest BCUT2D eigenvalue weighted by Crippen LogP contribution is 2.35. The number of hydrogen-bond acceptors (Lipinski definition) is 8. The van der Waals surface area contributed by atoms with Crippen LogP contribution in [0.1, 0.15) is 85.5 Å². The highest BCUT2D eigenvalue weighted by atomic mass is 35.5. The average molecular weight is 591 g/mol. The van der Waals surface area contributed by atoms with Gasteiger partial charge < -0.3 is 9.64 Å². The number of amides is 1. The topological polar surface area (TPSA) is 106 Å². The van der Waals surface area contributed by atoms with Crippen molar-refractivity contribution in [2.24, 2.45) is 0 Å². The lowest BCUT2D eigenvalue weighted by Gasteiger charge is -2.45. The molecule has 216 valence electrons. The molecule has 0 radical (unpaired) electrons. The fourth-order valence-electron chi connectivity index (χ4n) is 5.18. The van der Waals surface area contributed by atoms with Gasteiger partial charge in [-0.3, -0.25) is 4.90 Å². The average Bonchev–Trinajstić information content (AvgIpc) is 2.82. The zero-order chi connectivity index (χ0) is 29.7. The number of pyridine rings is 1. The van der Waals surface area contributed by atoms with E-state index in [0.29, 0.717) is 47.0 Å². The van der Waals surface area contributed by atoms with E-state index < -0.39 is 11.3 Å². The van der Waals surface area contributed by atoms with Crippen molar-refractivity contribution in [3.05, 3.63) is 44.4 Å². The molecule has 3 aromatic heterocycles. The summed E-state index contributed by atoms with van der Waals surface area (Å²) in [5.74, 6) is 0.434. The van der Waals surface area contributed by atoms with Gasteiger partial charge in [-0.05, 0) is 52.5 Å². The molecule has 1 saturated heterocycles. The summed E-state index contributed by atoms with van der Waals surface area (Å²) in [5, 5.41) is 0.880. The van der Waals surface area contributed by atoms with Crippen LogP contribution in [0.3, 0.4) is 0 Å². The molecule has 1 fully saturated rings. The predicted molar refractivity (Wildman–Crippen MR) is 158 cm³/mol. The van der Waals surface area contributed by atoms with Crippen LogP contribution in [0.4, 0.5) is 10.6 Å². The van der Waals surface area contributed by atoms with Crippen LogP contribution in [0.15, 0.2) is 17.2 Å². The van der Waals surface area contributed by atoms with Gasteiger partial charge >= 0.3 is 11.8 Å². The Morgan fingerprint density at radius 3 is 2.05 bits per heavy atom. The molecule has 2 atom stereocenters. The van der Waals surface area contributed by atoms with Gasteiger partial charge in [0.05, 0.1) is 39.6 Å². The molecule has 0 bridgehead atoms. The van der Waals surface area contributed by atoms with Crippen molar-refractivity contribution >= 4 is 46.1 Å². The van der Waals surface area contributed by atoms with Crippen LogP contribution in [0.25, 0.3) is 16.7 Å². The van der Waals surface area contributed by atoms with Gasteiger partial charge in [0.2, 0.25) is 0 Å². The number of anilines is 1. The third kappa shape index (κ3) is 5.74. The van der Waals surface area contributed by atoms with Crippen LogP contribution in [0.5, 0.6) is 0 Å². The van der Waals surface area contributed by atoms with E-state index in [1.54, 1.807) is 11.0 Å². The maximum absolute atomic E-state index is 13.9. The summed E-state index contributed by atoms with van der Waals surface area (Å²) in [6.07, 6.45) is 1.15. The molecule has 40 heavy (non-hydrogen) atoms. The van der Waals surface area contributed by atoms with Gasteiger partial charge in [0.1, 0.15) is 22.9 Å². The van der Waals surface area contributed by atoms with Crippen molar-refractivity contribution in [3.8, 4) is 5.69 Å². The normalized spacial score (nSPS) is 18.2. The number of hydrogen-bond donors (Lipinski definition) is 0. The van der Waals surface area contributed by atoms with E-state index in [2.05, 4.69) is 19.9 Å². The highest BCUT2D eigenvalue weighted by molar-refractivity contribution is 6.41. The van der Waals surface area contributed by atoms with Gasteiger partial charge in [0.15, 0.2) is 5.65 Å². The van der Waals surface area contributed by atoms with Crippen LogP contribution in [0.2, 0.25) is 10.2 Å². The lowest BCUT2D eigenvalue weighted by atomic mass is 10.0. The third-order valence-corrected chi connectivity index (χ3v) is 7.45. The van der Waals surface area contributed by atoms with E-state index in [9.17, 15) is 9.59 Å². The van der Waals surface area contributed by atoms with Crippen molar-refractivity contribution in [1.29, 1.82) is 0 Å². The third-order valence-electron chi connectivity index (χ3n) is 6.78. The van der Waals surface area contributed by atoms with Crippen LogP contribution in [-0.4, -0.2) is 66.3 Å². The zero-order valence-electron chi connectivity index (χ0n) is 24.5. The minimum atomic E-state index is -0.609. The van der Waals surface area contributed by atoms with Crippen LogP contribution >= 0.6 is 23.2 Å². The summed E-state index contributed by atoms with van der Waals surface area (Å²) in [7, 11) is 0. The second-order valence-electron chi connectivity index (χ2n) is 12.0. The number of aromatic nitrogens is 5. The van der Waals surface area contributed by atoms with E-state index >= 15 is 0 Å². The monoisotopic (exact) mass is 589 g/mol. The second-order valence-corrected chi connectivity index (χ2v) is 12.7. The molecule has 0 aromatic carbocycles. The van der Waals surface area contributed by atoms with Crippen molar-refractivity contribution in [1.82, 2.24) is 29.4 Å². The molecule has 0 N–H and O–H groups in total. The summed E-state index contributed by atoms with van der Waals surface area (Å²) in [6, 6.07) is 1.26. The second kappa shape index (κ2) is 11.1. The largest absolute Gasteiger partial charge is 0.444 e. The molecule has 4 heterocycles. The first-order chi connectivity index (χ1) is 18.6. The van der Waals surface area contributed by atoms with Gasteiger partial charge in [-0.15, -0.1) is 0 Å². The first-order valence-corrected chi connectivity index (χ1v) is 14.3. The van der Waals surface area contributed by atoms with E-state index in [-0.39, 0.29) is 40.2 Å². The van der Waals surface area contributed by atoms with Gasteiger partial charge in [0, 0.05) is 13.1 Å². The van der Waals surface area contributed by atoms with Gasteiger partial charge in [-0.1, -0.05) is 50.9 Å². The van der Waals surface area contributed by atoms with Crippen molar-refractivity contribution in [2.75, 3.05) is 18.0 Å². The minimum Gasteiger partial charge on any atom is -0.444 e. The van der Waals surface area contributed by atoms with E-state index in [1.165, 1.54) is 10.9 Å². The van der Waals surface area contributed by atoms with Crippen molar-refractivity contribution in [3.63, 3.8) is 0 Å². The molecule has 0 saturated carbocycles. The molecule has 1 aliphatic heterocycles. The van der Waals surface area contributed by atoms with E-state index in [0.717, 1.165) is 0 Å². The Balaban J connectivity index is 1.90. The fourth-order valence-corrected chi connectivity index (χ4v) is 5.46. The SMILES string of the molecule is CC(C)c1ncnc(C(C)C)c1-n1c(=O)nc(N2CC(C)N(C(=O)OC(C)(C)C)C(C)C2)c2cc(Cl)c(Cl)nc21. The molecular weight excluding hydrogens is 553 g/mol. The molecule has 2 unspecified atom stereocenters. The molecule has 1 aliphatic rings. The van der Waals surface area contributed by atoms with Crippen molar-refractivity contribution in [2.45, 2.75) is 91.8 Å². The maximum Gasteiger partial charge on any atom is 0.410 e. The molecule has 4 rings (SSSR count). The summed E-state index contributed by atoms with van der Waals surface area (Å²) in [6.45, 7) is 18.3. The maximum atomic E-state index is 13.9. The number of ether oxygens (including phenoxy) is 1. The molecule has 3 aromatic rings. The van der Waals surface area contributed by atoms with Crippen molar-refractivity contribution < 1.29 is 9.53 Å². The van der Waals surface area contributed by atoms with Gasteiger partial charge in [-0.2, -0.15) is 4.98 Å². The summed E-state index contributed by atoms with van der Waals surface area (Å²) in [5.41, 5.74) is 1.15. The first-order valence-electron chi connectivity index (χ1n) is 13.5. The smallest absolute Gasteiger partial charge is 0.410 e. The number of nitrogens with zero attached hydrogens (tertiary/aromatic N) is 7. The predicted octanol–water partition coefficient (Wildman–Crippen LogP) is 5.96. The van der Waals surface area contributed by atoms with Gasteiger partial charge in [-0.25, -0.2) is 29.1 Å². The lowest BCUT2D eigenvalue weighted by Crippen LogP contribution is -2.59. The van der Waals surface area contributed by atoms with Crippen LogP contribution in [0, 0.1) is 0 Å². The zero-order valence-corrected chi connectivity index (χ0v) is 26.0. The van der Waals surface area contributed by atoms with Crippen LogP contribution in [-0.2, 0) is 4.74 Å². The molecule has 12 heteroatoms. The number of piperazine rings is 1. The molecule has 0 spiro atoms. The first kappa shape index (κ1) is 30.0. The minimum absolute atomic E-state index is 0.00234. The lowest BCUT2D eigenvalue weighted by molar-refractivity contribution is 0.00562. The number of carbonyl (C=O) groups is 1. The molecule has 0 aliphatic carbocycles. The summed E-state index contributed by atoms with van der Waals surface area (Å²) in [4.78, 5) is 48.8. The summed E-state index contributed by atoms with van der Waals surface area (Å²) >= 11 is 12.9. The van der Waals surface area contributed by atoms with Gasteiger partial charge in [0.25, 0.3) is 0 Å². The van der Waals surface area contributed by atoms with Crippen LogP contribution < -0.4 is 10.6 Å². The Kier molecular flexibility index (Phi) is 8.34. The number of carbonyl (C=O) groups excluding carboxylic acids is 1. The Hall–Kier alpha value is -2.98. The highest BCUT2D eigenvalue weighted by Gasteiger charge is 2.37. The molecular formula is C28H37Cl2N7O3. The number of halogens is 2.